The molecule has 0 radical (unpaired) electrons. The van der Waals surface area contributed by atoms with Crippen LogP contribution in [0.25, 0.3) is 10.9 Å². The molecule has 1 aromatic heterocycles. The Bertz CT molecular complexity index is 1060. The summed E-state index contributed by atoms with van der Waals surface area (Å²) in [6, 6.07) is 9.47. The number of nitrogens with one attached hydrogen (secondary N) is 1. The highest BCUT2D eigenvalue weighted by Gasteiger charge is 2.22. The van der Waals surface area contributed by atoms with Crippen LogP contribution in [0.15, 0.2) is 42.6 Å². The molecular weight excluding hydrogens is 405 g/mol. The van der Waals surface area contributed by atoms with Crippen molar-refractivity contribution in [2.75, 3.05) is 30.4 Å². The van der Waals surface area contributed by atoms with Crippen LogP contribution in [0.1, 0.15) is 43.4 Å². The number of ether oxygens (including phenoxy) is 1. The van der Waals surface area contributed by atoms with E-state index in [9.17, 15) is 13.2 Å². The molecule has 1 saturated heterocycles. The predicted molar refractivity (Wildman–Crippen MR) is 115 cm³/mol. The van der Waals surface area contributed by atoms with Crippen molar-refractivity contribution in [3.63, 3.8) is 0 Å². The van der Waals surface area contributed by atoms with E-state index in [0.717, 1.165) is 43.1 Å². The van der Waals surface area contributed by atoms with E-state index in [-0.39, 0.29) is 11.7 Å². The SMILES string of the molecule is CO[C@H]1CCCN(c2ccc3nncc(N[C@H](C)c4cccc(C(F)F)c4F)c3c2)C1. The molecule has 3 aromatic rings. The van der Waals surface area contributed by atoms with Crippen LogP contribution in [0.3, 0.4) is 0 Å². The highest BCUT2D eigenvalue weighted by atomic mass is 19.3. The molecule has 1 aliphatic rings. The van der Waals surface area contributed by atoms with Gasteiger partial charge in [0, 0.05) is 36.8 Å². The maximum absolute atomic E-state index is 14.6. The van der Waals surface area contributed by atoms with Crippen LogP contribution in [0.2, 0.25) is 0 Å². The molecule has 2 aromatic carbocycles. The summed E-state index contributed by atoms with van der Waals surface area (Å²) in [5.41, 5.74) is 2.00. The van der Waals surface area contributed by atoms with Gasteiger partial charge in [0.05, 0.1) is 35.1 Å². The Morgan fingerprint density at radius 1 is 1.19 bits per heavy atom. The number of anilines is 2. The molecule has 0 saturated carbocycles. The first kappa shape index (κ1) is 21.4. The number of alkyl halides is 2. The summed E-state index contributed by atoms with van der Waals surface area (Å²) in [5, 5.41) is 12.3. The fraction of sp³-hybridized carbons (Fsp3) is 0.391. The van der Waals surface area contributed by atoms with Crippen LogP contribution < -0.4 is 10.2 Å². The molecule has 2 heterocycles. The zero-order chi connectivity index (χ0) is 22.0. The van der Waals surface area contributed by atoms with Gasteiger partial charge in [-0.05, 0) is 38.0 Å². The standard InChI is InChI=1S/C23H25F3N4O/c1-14(17-6-3-7-18(22(17)24)23(25)26)28-21-12-27-29-20-9-8-15(11-19(20)21)30-10-4-5-16(13-30)31-2/h3,6-9,11-12,14,16,23H,4-5,10,13H2,1-2H3,(H,28,29)/t14-,16+/m1/s1. The summed E-state index contributed by atoms with van der Waals surface area (Å²) >= 11 is 0. The van der Waals surface area contributed by atoms with Crippen molar-refractivity contribution in [3.05, 3.63) is 59.5 Å². The number of halogens is 3. The Kier molecular flexibility index (Phi) is 6.27. The number of piperidine rings is 1. The Hall–Kier alpha value is -2.87. The summed E-state index contributed by atoms with van der Waals surface area (Å²) in [6.45, 7) is 3.48. The number of hydrogen-bond donors (Lipinski definition) is 1. The zero-order valence-electron chi connectivity index (χ0n) is 17.5. The quantitative estimate of drug-likeness (QED) is 0.560. The van der Waals surface area contributed by atoms with Crippen molar-refractivity contribution in [2.24, 2.45) is 0 Å². The van der Waals surface area contributed by atoms with Gasteiger partial charge in [-0.3, -0.25) is 0 Å². The lowest BCUT2D eigenvalue weighted by molar-refractivity contribution is 0.0893. The minimum absolute atomic E-state index is 0.179. The summed E-state index contributed by atoms with van der Waals surface area (Å²) in [6.07, 6.45) is 1.000. The van der Waals surface area contributed by atoms with Gasteiger partial charge in [0.25, 0.3) is 6.43 Å². The third-order valence-electron chi connectivity index (χ3n) is 5.83. The van der Waals surface area contributed by atoms with Gasteiger partial charge in [0.2, 0.25) is 0 Å². The van der Waals surface area contributed by atoms with Gasteiger partial charge < -0.3 is 15.0 Å². The molecule has 0 unspecified atom stereocenters. The molecule has 1 aliphatic heterocycles. The van der Waals surface area contributed by atoms with Crippen molar-refractivity contribution < 1.29 is 17.9 Å². The third kappa shape index (κ3) is 4.44. The molecule has 31 heavy (non-hydrogen) atoms. The minimum Gasteiger partial charge on any atom is -0.380 e. The first-order valence-corrected chi connectivity index (χ1v) is 10.3. The molecule has 5 nitrogen and oxygen atoms in total. The largest absolute Gasteiger partial charge is 0.380 e. The van der Waals surface area contributed by atoms with Crippen LogP contribution in [-0.4, -0.2) is 36.5 Å². The van der Waals surface area contributed by atoms with E-state index in [2.05, 4.69) is 20.4 Å². The number of methoxy groups -OCH3 is 1. The van der Waals surface area contributed by atoms with E-state index >= 15 is 0 Å². The second-order valence-corrected chi connectivity index (χ2v) is 7.82. The Morgan fingerprint density at radius 3 is 2.77 bits per heavy atom. The molecule has 0 aliphatic carbocycles. The summed E-state index contributed by atoms with van der Waals surface area (Å²) in [5.74, 6) is -0.886. The van der Waals surface area contributed by atoms with Crippen molar-refractivity contribution in [1.82, 2.24) is 10.2 Å². The van der Waals surface area contributed by atoms with Crippen LogP contribution in [0.4, 0.5) is 24.5 Å². The van der Waals surface area contributed by atoms with Crippen molar-refractivity contribution in [3.8, 4) is 0 Å². The molecule has 1 fully saturated rings. The first-order chi connectivity index (χ1) is 15.0. The van der Waals surface area contributed by atoms with E-state index in [1.54, 1.807) is 20.2 Å². The van der Waals surface area contributed by atoms with Crippen LogP contribution in [0.5, 0.6) is 0 Å². The van der Waals surface area contributed by atoms with Gasteiger partial charge in [-0.1, -0.05) is 18.2 Å². The molecule has 4 rings (SSSR count). The zero-order valence-corrected chi connectivity index (χ0v) is 17.5. The van der Waals surface area contributed by atoms with Crippen LogP contribution >= 0.6 is 0 Å². The maximum Gasteiger partial charge on any atom is 0.266 e. The topological polar surface area (TPSA) is 50.3 Å². The Labute approximate surface area is 179 Å². The Balaban J connectivity index is 1.64. The van der Waals surface area contributed by atoms with Crippen LogP contribution in [-0.2, 0) is 4.74 Å². The molecule has 8 heteroatoms. The Morgan fingerprint density at radius 2 is 2.00 bits per heavy atom. The maximum atomic E-state index is 14.6. The average molecular weight is 430 g/mol. The molecule has 1 N–H and O–H groups in total. The third-order valence-corrected chi connectivity index (χ3v) is 5.83. The molecule has 164 valence electrons. The van der Waals surface area contributed by atoms with E-state index in [0.29, 0.717) is 11.2 Å². The van der Waals surface area contributed by atoms with Gasteiger partial charge >= 0.3 is 0 Å². The summed E-state index contributed by atoms with van der Waals surface area (Å²) in [4.78, 5) is 2.27. The van der Waals surface area contributed by atoms with Gasteiger partial charge in [0.15, 0.2) is 0 Å². The predicted octanol–water partition coefficient (Wildman–Crippen LogP) is 5.49. The normalized spacial score (nSPS) is 17.9. The second kappa shape index (κ2) is 9.09. The number of benzene rings is 2. The summed E-state index contributed by atoms with van der Waals surface area (Å²) in [7, 11) is 1.73. The fourth-order valence-corrected chi connectivity index (χ4v) is 4.10. The van der Waals surface area contributed by atoms with E-state index in [4.69, 9.17) is 4.74 Å². The second-order valence-electron chi connectivity index (χ2n) is 7.82. The van der Waals surface area contributed by atoms with Crippen LogP contribution in [0, 0.1) is 5.82 Å². The number of rotatable bonds is 6. The first-order valence-electron chi connectivity index (χ1n) is 10.3. The van der Waals surface area contributed by atoms with Crippen molar-refractivity contribution in [1.29, 1.82) is 0 Å². The molecule has 0 bridgehead atoms. The molecule has 2 atom stereocenters. The number of hydrogen-bond acceptors (Lipinski definition) is 5. The minimum atomic E-state index is -2.86. The fourth-order valence-electron chi connectivity index (χ4n) is 4.10. The number of fused-ring (bicyclic) bond motifs is 1. The smallest absolute Gasteiger partial charge is 0.266 e. The molecular formula is C23H25F3N4O. The lowest BCUT2D eigenvalue weighted by Crippen LogP contribution is -2.39. The van der Waals surface area contributed by atoms with Crippen molar-refractivity contribution in [2.45, 2.75) is 38.3 Å². The molecule has 0 amide bonds. The molecule has 0 spiro atoms. The van der Waals surface area contributed by atoms with Gasteiger partial charge in [-0.15, -0.1) is 0 Å². The van der Waals surface area contributed by atoms with Crippen molar-refractivity contribution >= 4 is 22.3 Å². The van der Waals surface area contributed by atoms with Gasteiger partial charge in [0.1, 0.15) is 5.82 Å². The monoisotopic (exact) mass is 430 g/mol. The highest BCUT2D eigenvalue weighted by Crippen LogP contribution is 2.32. The van der Waals surface area contributed by atoms with E-state index in [1.165, 1.54) is 12.1 Å². The highest BCUT2D eigenvalue weighted by molar-refractivity contribution is 5.93. The van der Waals surface area contributed by atoms with E-state index < -0.39 is 23.8 Å². The lowest BCUT2D eigenvalue weighted by Gasteiger charge is -2.33. The van der Waals surface area contributed by atoms with Gasteiger partial charge in [-0.25, -0.2) is 13.2 Å². The number of nitrogens with zero attached hydrogens (tertiary/aromatic N) is 3. The van der Waals surface area contributed by atoms with Gasteiger partial charge in [-0.2, -0.15) is 10.2 Å². The average Bonchev–Trinajstić information content (AvgIpc) is 2.79. The van der Waals surface area contributed by atoms with E-state index in [1.807, 2.05) is 18.2 Å². The lowest BCUT2D eigenvalue weighted by atomic mass is 10.0. The number of aromatic nitrogens is 2. The summed E-state index contributed by atoms with van der Waals surface area (Å²) < 4.78 is 46.3.